The zero-order valence-corrected chi connectivity index (χ0v) is 8.60. The number of hydrogen-bond acceptors (Lipinski definition) is 1. The van der Waals surface area contributed by atoms with E-state index in [0.29, 0.717) is 5.56 Å². The summed E-state index contributed by atoms with van der Waals surface area (Å²) in [6.45, 7) is 0. The molecule has 0 unspecified atom stereocenters. The molecule has 1 nitrogen and oxygen atoms in total. The van der Waals surface area contributed by atoms with Crippen molar-refractivity contribution in [3.8, 4) is 11.8 Å². The fourth-order valence-electron chi connectivity index (χ4n) is 1.33. The molecular formula is C15H9O. The van der Waals surface area contributed by atoms with Gasteiger partial charge in [-0.2, -0.15) is 0 Å². The highest BCUT2D eigenvalue weighted by molar-refractivity contribution is 5.76. The first-order valence-corrected chi connectivity index (χ1v) is 4.94. The van der Waals surface area contributed by atoms with Crippen molar-refractivity contribution in [1.82, 2.24) is 0 Å². The smallest absolute Gasteiger partial charge is 0.233 e. The Bertz CT molecular complexity index is 544. The average molecular weight is 205 g/mol. The number of hydrogen-bond donors (Lipinski definition) is 0. The third kappa shape index (κ3) is 2.59. The van der Waals surface area contributed by atoms with Gasteiger partial charge in [0.25, 0.3) is 0 Å². The van der Waals surface area contributed by atoms with E-state index in [1.807, 2.05) is 42.7 Å². The van der Waals surface area contributed by atoms with Crippen LogP contribution in [0.25, 0.3) is 0 Å². The number of carbonyl (C=O) groups excluding carboxylic acids is 1. The van der Waals surface area contributed by atoms with Gasteiger partial charge in [-0.25, -0.2) is 0 Å². The lowest BCUT2D eigenvalue weighted by molar-refractivity contribution is 0.563. The maximum Gasteiger partial charge on any atom is 0.233 e. The minimum atomic E-state index is 0.528. The van der Waals surface area contributed by atoms with Gasteiger partial charge in [0, 0.05) is 16.7 Å². The Kier molecular flexibility index (Phi) is 3.15. The lowest BCUT2D eigenvalue weighted by Gasteiger charge is -1.91. The van der Waals surface area contributed by atoms with Crippen LogP contribution in [0.15, 0.2) is 54.6 Å². The molecule has 0 amide bonds. The van der Waals surface area contributed by atoms with Crippen LogP contribution in [0, 0.1) is 11.8 Å². The molecule has 2 rings (SSSR count). The molecule has 0 fully saturated rings. The molecular weight excluding hydrogens is 196 g/mol. The summed E-state index contributed by atoms with van der Waals surface area (Å²) in [5.74, 6) is 6.04. The summed E-state index contributed by atoms with van der Waals surface area (Å²) in [7, 11) is 0. The lowest BCUT2D eigenvalue weighted by Crippen LogP contribution is -1.81. The van der Waals surface area contributed by atoms with Crippen LogP contribution in [0.3, 0.4) is 0 Å². The molecule has 0 aliphatic carbocycles. The molecule has 0 spiro atoms. The quantitative estimate of drug-likeness (QED) is 0.654. The average Bonchev–Trinajstić information content (AvgIpc) is 2.38. The summed E-state index contributed by atoms with van der Waals surface area (Å²) >= 11 is 0. The second-order valence-electron chi connectivity index (χ2n) is 3.30. The van der Waals surface area contributed by atoms with Gasteiger partial charge in [-0.3, -0.25) is 4.79 Å². The van der Waals surface area contributed by atoms with E-state index in [-0.39, 0.29) is 0 Å². The van der Waals surface area contributed by atoms with Crippen LogP contribution in [-0.2, 0) is 4.79 Å². The van der Waals surface area contributed by atoms with Crippen LogP contribution < -0.4 is 0 Å². The first-order chi connectivity index (χ1) is 7.88. The summed E-state index contributed by atoms with van der Waals surface area (Å²) in [4.78, 5) is 10.5. The molecule has 0 saturated heterocycles. The highest BCUT2D eigenvalue weighted by atomic mass is 16.1. The molecule has 16 heavy (non-hydrogen) atoms. The minimum Gasteiger partial charge on any atom is -0.285 e. The van der Waals surface area contributed by atoms with Gasteiger partial charge < -0.3 is 0 Å². The predicted octanol–water partition coefficient (Wildman–Crippen LogP) is 2.54. The van der Waals surface area contributed by atoms with Crippen molar-refractivity contribution in [2.24, 2.45) is 0 Å². The van der Waals surface area contributed by atoms with E-state index in [1.54, 1.807) is 18.2 Å². The van der Waals surface area contributed by atoms with E-state index in [1.165, 1.54) is 0 Å². The van der Waals surface area contributed by atoms with Crippen LogP contribution in [0.5, 0.6) is 0 Å². The summed E-state index contributed by atoms with van der Waals surface area (Å²) in [6.07, 6.45) is 1.85. The predicted molar refractivity (Wildman–Crippen MR) is 63.7 cm³/mol. The maximum absolute atomic E-state index is 10.5. The number of rotatable bonds is 1. The SMILES string of the molecule is O=[C]c1cccc(C#Cc2ccccc2)c1. The maximum atomic E-state index is 10.5. The van der Waals surface area contributed by atoms with E-state index in [4.69, 9.17) is 0 Å². The molecule has 2 aromatic rings. The van der Waals surface area contributed by atoms with Crippen LogP contribution in [0.2, 0.25) is 0 Å². The van der Waals surface area contributed by atoms with Gasteiger partial charge >= 0.3 is 0 Å². The Morgan fingerprint density at radius 2 is 1.31 bits per heavy atom. The van der Waals surface area contributed by atoms with Gasteiger partial charge in [0.15, 0.2) is 0 Å². The van der Waals surface area contributed by atoms with E-state index in [9.17, 15) is 4.79 Å². The standard InChI is InChI=1S/C15H9O/c16-12-15-8-4-7-14(11-15)10-9-13-5-2-1-3-6-13/h1-8,11H. The molecule has 0 aliphatic heterocycles. The molecule has 0 N–H and O–H groups in total. The summed E-state index contributed by atoms with van der Waals surface area (Å²) < 4.78 is 0. The third-order valence-electron chi connectivity index (χ3n) is 2.11. The van der Waals surface area contributed by atoms with Crippen molar-refractivity contribution >= 4 is 6.29 Å². The Morgan fingerprint density at radius 1 is 0.688 bits per heavy atom. The highest BCUT2D eigenvalue weighted by Gasteiger charge is 1.91. The molecule has 2 aromatic carbocycles. The van der Waals surface area contributed by atoms with E-state index in [0.717, 1.165) is 11.1 Å². The molecule has 75 valence electrons. The first-order valence-electron chi connectivity index (χ1n) is 4.94. The fraction of sp³-hybridized carbons (Fsp3) is 0. The van der Waals surface area contributed by atoms with Crippen molar-refractivity contribution in [2.75, 3.05) is 0 Å². The molecule has 0 aliphatic rings. The summed E-state index contributed by atoms with van der Waals surface area (Å²) in [5, 5.41) is 0. The van der Waals surface area contributed by atoms with Crippen molar-refractivity contribution < 1.29 is 4.79 Å². The van der Waals surface area contributed by atoms with Gasteiger partial charge in [-0.15, -0.1) is 0 Å². The van der Waals surface area contributed by atoms with Gasteiger partial charge in [0.2, 0.25) is 6.29 Å². The third-order valence-corrected chi connectivity index (χ3v) is 2.11. The van der Waals surface area contributed by atoms with Crippen molar-refractivity contribution in [3.05, 3.63) is 71.3 Å². The molecule has 0 heterocycles. The molecule has 0 bridgehead atoms. The minimum absolute atomic E-state index is 0.528. The zero-order valence-electron chi connectivity index (χ0n) is 8.60. The molecule has 1 heteroatoms. The van der Waals surface area contributed by atoms with E-state index in [2.05, 4.69) is 11.8 Å². The van der Waals surface area contributed by atoms with Gasteiger partial charge in [0.1, 0.15) is 0 Å². The monoisotopic (exact) mass is 205 g/mol. The van der Waals surface area contributed by atoms with Crippen molar-refractivity contribution in [3.63, 3.8) is 0 Å². The largest absolute Gasteiger partial charge is 0.285 e. The van der Waals surface area contributed by atoms with Crippen LogP contribution in [-0.4, -0.2) is 6.29 Å². The normalized spacial score (nSPS) is 9.00. The Balaban J connectivity index is 2.27. The van der Waals surface area contributed by atoms with Gasteiger partial charge in [-0.05, 0) is 24.3 Å². The molecule has 0 aromatic heterocycles. The molecule has 1 radical (unpaired) electrons. The zero-order chi connectivity index (χ0) is 11.2. The fourth-order valence-corrected chi connectivity index (χ4v) is 1.33. The lowest BCUT2D eigenvalue weighted by atomic mass is 10.1. The van der Waals surface area contributed by atoms with Crippen LogP contribution in [0.1, 0.15) is 16.7 Å². The summed E-state index contributed by atoms with van der Waals surface area (Å²) in [6, 6.07) is 16.8. The van der Waals surface area contributed by atoms with Crippen molar-refractivity contribution in [2.45, 2.75) is 0 Å². The first kappa shape index (κ1) is 10.2. The van der Waals surface area contributed by atoms with Gasteiger partial charge in [-0.1, -0.05) is 42.2 Å². The van der Waals surface area contributed by atoms with Crippen molar-refractivity contribution in [1.29, 1.82) is 0 Å². The topological polar surface area (TPSA) is 17.1 Å². The second kappa shape index (κ2) is 4.95. The molecule has 0 atom stereocenters. The Morgan fingerprint density at radius 3 is 2.06 bits per heavy atom. The molecule has 0 saturated carbocycles. The Labute approximate surface area is 94.7 Å². The highest BCUT2D eigenvalue weighted by Crippen LogP contribution is 2.02. The van der Waals surface area contributed by atoms with E-state index >= 15 is 0 Å². The van der Waals surface area contributed by atoms with E-state index < -0.39 is 0 Å². The van der Waals surface area contributed by atoms with Crippen LogP contribution in [0.4, 0.5) is 0 Å². The summed E-state index contributed by atoms with van der Waals surface area (Å²) in [5.41, 5.74) is 2.31. The van der Waals surface area contributed by atoms with Crippen LogP contribution >= 0.6 is 0 Å². The Hall–Kier alpha value is -2.33. The second-order valence-corrected chi connectivity index (χ2v) is 3.30. The number of benzene rings is 2. The van der Waals surface area contributed by atoms with Gasteiger partial charge in [0.05, 0.1) is 0 Å².